The van der Waals surface area contributed by atoms with Crippen LogP contribution in [-0.2, 0) is 19.4 Å². The van der Waals surface area contributed by atoms with Crippen molar-refractivity contribution in [1.29, 1.82) is 0 Å². The van der Waals surface area contributed by atoms with E-state index in [2.05, 4.69) is 28.5 Å². The standard InChI is InChI=1S/C21H22N2O2/c1-25-16-9-7-15(8-10-16)21(24)22-13-14-6-11-20-18(12-14)17-4-2-3-5-19(17)23-20/h6-12,23H,2-5,13H2,1H3,(H,22,24). The van der Waals surface area contributed by atoms with Crippen LogP contribution in [0.4, 0.5) is 0 Å². The van der Waals surface area contributed by atoms with Gasteiger partial charge in [0.25, 0.3) is 5.91 Å². The van der Waals surface area contributed by atoms with Crippen LogP contribution in [0.5, 0.6) is 5.75 Å². The number of amides is 1. The van der Waals surface area contributed by atoms with E-state index >= 15 is 0 Å². The molecule has 1 aliphatic carbocycles. The third kappa shape index (κ3) is 3.12. The van der Waals surface area contributed by atoms with Crippen molar-refractivity contribution in [2.45, 2.75) is 32.2 Å². The molecule has 128 valence electrons. The summed E-state index contributed by atoms with van der Waals surface area (Å²) in [4.78, 5) is 15.9. The number of hydrogen-bond acceptors (Lipinski definition) is 2. The van der Waals surface area contributed by atoms with Gasteiger partial charge in [0.15, 0.2) is 0 Å². The minimum absolute atomic E-state index is 0.0705. The first-order valence-corrected chi connectivity index (χ1v) is 8.79. The van der Waals surface area contributed by atoms with Crippen LogP contribution in [0.2, 0.25) is 0 Å². The Hall–Kier alpha value is -2.75. The number of ether oxygens (including phenoxy) is 1. The van der Waals surface area contributed by atoms with Crippen molar-refractivity contribution in [2.24, 2.45) is 0 Å². The zero-order valence-corrected chi connectivity index (χ0v) is 14.4. The van der Waals surface area contributed by atoms with E-state index in [0.29, 0.717) is 12.1 Å². The Morgan fingerprint density at radius 2 is 1.92 bits per heavy atom. The molecular weight excluding hydrogens is 312 g/mol. The van der Waals surface area contributed by atoms with E-state index in [1.807, 2.05) is 0 Å². The molecule has 4 heteroatoms. The molecular formula is C21H22N2O2. The first-order valence-electron chi connectivity index (χ1n) is 8.79. The number of methoxy groups -OCH3 is 1. The first kappa shape index (κ1) is 15.8. The molecule has 4 rings (SSSR count). The van der Waals surface area contributed by atoms with Gasteiger partial charge in [-0.25, -0.2) is 0 Å². The van der Waals surface area contributed by atoms with E-state index in [-0.39, 0.29) is 5.91 Å². The zero-order valence-electron chi connectivity index (χ0n) is 14.4. The average Bonchev–Trinajstić information content (AvgIpc) is 3.04. The lowest BCUT2D eigenvalue weighted by Gasteiger charge is -2.11. The Morgan fingerprint density at radius 1 is 1.12 bits per heavy atom. The molecule has 1 heterocycles. The fourth-order valence-electron chi connectivity index (χ4n) is 3.59. The molecule has 3 aromatic rings. The van der Waals surface area contributed by atoms with E-state index < -0.39 is 0 Å². The van der Waals surface area contributed by atoms with Gasteiger partial charge in [-0.2, -0.15) is 0 Å². The quantitative estimate of drug-likeness (QED) is 0.758. The summed E-state index contributed by atoms with van der Waals surface area (Å²) in [6.07, 6.45) is 4.83. The van der Waals surface area contributed by atoms with Crippen molar-refractivity contribution in [2.75, 3.05) is 7.11 Å². The summed E-state index contributed by atoms with van der Waals surface area (Å²) >= 11 is 0. The normalized spacial score (nSPS) is 13.5. The van der Waals surface area contributed by atoms with Gasteiger partial charge in [-0.1, -0.05) is 6.07 Å². The second-order valence-corrected chi connectivity index (χ2v) is 6.58. The Balaban J connectivity index is 1.49. The molecule has 2 N–H and O–H groups in total. The van der Waals surface area contributed by atoms with Crippen LogP contribution in [0.3, 0.4) is 0 Å². The number of aromatic nitrogens is 1. The Bertz CT molecular complexity index is 910. The molecule has 0 saturated heterocycles. The van der Waals surface area contributed by atoms with Crippen LogP contribution >= 0.6 is 0 Å². The number of H-pyrrole nitrogens is 1. The monoisotopic (exact) mass is 334 g/mol. The Kier molecular flexibility index (Phi) is 4.18. The lowest BCUT2D eigenvalue weighted by molar-refractivity contribution is 0.0951. The molecule has 0 atom stereocenters. The van der Waals surface area contributed by atoms with E-state index in [1.54, 1.807) is 31.4 Å². The van der Waals surface area contributed by atoms with Crippen molar-refractivity contribution in [3.8, 4) is 5.75 Å². The van der Waals surface area contributed by atoms with Crippen molar-refractivity contribution >= 4 is 16.8 Å². The fraction of sp³-hybridized carbons (Fsp3) is 0.286. The number of hydrogen-bond donors (Lipinski definition) is 2. The molecule has 0 aliphatic heterocycles. The maximum Gasteiger partial charge on any atom is 0.251 e. The molecule has 4 nitrogen and oxygen atoms in total. The summed E-state index contributed by atoms with van der Waals surface area (Å²) in [5.74, 6) is 0.679. The third-order valence-electron chi connectivity index (χ3n) is 4.97. The summed E-state index contributed by atoms with van der Waals surface area (Å²) < 4.78 is 5.12. The summed E-state index contributed by atoms with van der Waals surface area (Å²) in [5, 5.41) is 4.31. The lowest BCUT2D eigenvalue weighted by Crippen LogP contribution is -2.22. The zero-order chi connectivity index (χ0) is 17.2. The number of carbonyl (C=O) groups is 1. The largest absolute Gasteiger partial charge is 0.497 e. The number of nitrogens with one attached hydrogen (secondary N) is 2. The Morgan fingerprint density at radius 3 is 2.72 bits per heavy atom. The third-order valence-corrected chi connectivity index (χ3v) is 4.97. The summed E-state index contributed by atoms with van der Waals surface area (Å²) in [6.45, 7) is 0.529. The highest BCUT2D eigenvalue weighted by molar-refractivity contribution is 5.94. The lowest BCUT2D eigenvalue weighted by atomic mass is 9.95. The summed E-state index contributed by atoms with van der Waals surface area (Å²) in [7, 11) is 1.62. The van der Waals surface area contributed by atoms with E-state index in [9.17, 15) is 4.79 Å². The van der Waals surface area contributed by atoms with Gasteiger partial charge in [-0.05, 0) is 73.2 Å². The van der Waals surface area contributed by atoms with Crippen LogP contribution in [-0.4, -0.2) is 18.0 Å². The first-order chi connectivity index (χ1) is 12.2. The van der Waals surface area contributed by atoms with Crippen LogP contribution in [0.25, 0.3) is 10.9 Å². The molecule has 1 aliphatic rings. The molecule has 0 unspecified atom stereocenters. The predicted molar refractivity (Wildman–Crippen MR) is 99.1 cm³/mol. The van der Waals surface area contributed by atoms with E-state index in [0.717, 1.165) is 24.2 Å². The second kappa shape index (κ2) is 6.63. The van der Waals surface area contributed by atoms with Crippen molar-refractivity contribution in [1.82, 2.24) is 10.3 Å². The number of fused-ring (bicyclic) bond motifs is 3. The van der Waals surface area contributed by atoms with Gasteiger partial charge in [0.2, 0.25) is 0 Å². The Labute approximate surface area is 147 Å². The molecule has 0 spiro atoms. The van der Waals surface area contributed by atoms with Crippen molar-refractivity contribution < 1.29 is 9.53 Å². The van der Waals surface area contributed by atoms with Gasteiger partial charge in [-0.3, -0.25) is 4.79 Å². The molecule has 2 aromatic carbocycles. The van der Waals surface area contributed by atoms with Crippen LogP contribution < -0.4 is 10.1 Å². The number of rotatable bonds is 4. The van der Waals surface area contributed by atoms with Crippen LogP contribution in [0.15, 0.2) is 42.5 Å². The van der Waals surface area contributed by atoms with Gasteiger partial charge in [0, 0.05) is 28.7 Å². The van der Waals surface area contributed by atoms with E-state index in [4.69, 9.17) is 4.74 Å². The number of carbonyl (C=O) groups excluding carboxylic acids is 1. The highest BCUT2D eigenvalue weighted by Crippen LogP contribution is 2.29. The fourth-order valence-corrected chi connectivity index (χ4v) is 3.59. The number of aromatic amines is 1. The van der Waals surface area contributed by atoms with Gasteiger partial charge < -0.3 is 15.0 Å². The average molecular weight is 334 g/mol. The molecule has 25 heavy (non-hydrogen) atoms. The minimum Gasteiger partial charge on any atom is -0.497 e. The summed E-state index contributed by atoms with van der Waals surface area (Å²) in [5.41, 5.74) is 5.82. The highest BCUT2D eigenvalue weighted by atomic mass is 16.5. The SMILES string of the molecule is COc1ccc(C(=O)NCc2ccc3[nH]c4c(c3c2)CCCC4)cc1. The molecule has 0 fully saturated rings. The van der Waals surface area contributed by atoms with Gasteiger partial charge >= 0.3 is 0 Å². The summed E-state index contributed by atoms with van der Waals surface area (Å²) in [6, 6.07) is 13.6. The molecule has 0 saturated carbocycles. The molecule has 0 radical (unpaired) electrons. The second-order valence-electron chi connectivity index (χ2n) is 6.58. The van der Waals surface area contributed by atoms with Crippen molar-refractivity contribution in [3.63, 3.8) is 0 Å². The maximum absolute atomic E-state index is 12.3. The molecule has 0 bridgehead atoms. The topological polar surface area (TPSA) is 54.1 Å². The number of aryl methyl sites for hydroxylation is 2. The molecule has 1 aromatic heterocycles. The van der Waals surface area contributed by atoms with Crippen LogP contribution in [0, 0.1) is 0 Å². The molecule has 1 amide bonds. The van der Waals surface area contributed by atoms with E-state index in [1.165, 1.54) is 35.0 Å². The van der Waals surface area contributed by atoms with Gasteiger partial charge in [0.05, 0.1) is 7.11 Å². The predicted octanol–water partition coefficient (Wildman–Crippen LogP) is 3.99. The van der Waals surface area contributed by atoms with Crippen molar-refractivity contribution in [3.05, 3.63) is 64.8 Å². The minimum atomic E-state index is -0.0705. The van der Waals surface area contributed by atoms with Gasteiger partial charge in [0.1, 0.15) is 5.75 Å². The highest BCUT2D eigenvalue weighted by Gasteiger charge is 2.15. The van der Waals surface area contributed by atoms with Crippen LogP contribution in [0.1, 0.15) is 40.0 Å². The van der Waals surface area contributed by atoms with Gasteiger partial charge in [-0.15, -0.1) is 0 Å². The number of benzene rings is 2. The maximum atomic E-state index is 12.3. The smallest absolute Gasteiger partial charge is 0.251 e.